The maximum atomic E-state index is 13.6. The molecule has 0 aliphatic carbocycles. The topological polar surface area (TPSA) is 32.3 Å². The summed E-state index contributed by atoms with van der Waals surface area (Å²) in [7, 11) is 0. The minimum atomic E-state index is -0.826. The first kappa shape index (κ1) is 17.5. The Labute approximate surface area is 146 Å². The summed E-state index contributed by atoms with van der Waals surface area (Å²) in [6.45, 7) is 3.30. The molecule has 0 aromatic heterocycles. The van der Waals surface area contributed by atoms with Crippen molar-refractivity contribution in [2.24, 2.45) is 5.92 Å². The Balaban J connectivity index is 1.45. The molecule has 132 valence electrons. The summed E-state index contributed by atoms with van der Waals surface area (Å²) in [5.74, 6) is -2.02. The number of nitrogens with one attached hydrogen (secondary N) is 1. The van der Waals surface area contributed by atoms with Gasteiger partial charge < -0.3 is 10.2 Å². The van der Waals surface area contributed by atoms with Gasteiger partial charge in [-0.1, -0.05) is 36.4 Å². The van der Waals surface area contributed by atoms with Crippen molar-refractivity contribution in [2.45, 2.75) is 12.8 Å². The van der Waals surface area contributed by atoms with Gasteiger partial charge in [-0.3, -0.25) is 4.79 Å². The van der Waals surface area contributed by atoms with E-state index in [4.69, 9.17) is 0 Å². The predicted molar refractivity (Wildman–Crippen MR) is 93.4 cm³/mol. The van der Waals surface area contributed by atoms with Crippen molar-refractivity contribution in [1.29, 1.82) is 0 Å². The van der Waals surface area contributed by atoms with E-state index in [1.807, 2.05) is 18.2 Å². The highest BCUT2D eigenvalue weighted by molar-refractivity contribution is 5.94. The molecule has 0 radical (unpaired) electrons. The maximum Gasteiger partial charge on any atom is 0.257 e. The summed E-state index contributed by atoms with van der Waals surface area (Å²) in [4.78, 5) is 14.4. The zero-order valence-corrected chi connectivity index (χ0v) is 14.1. The normalized spacial score (nSPS) is 17.6. The van der Waals surface area contributed by atoms with E-state index < -0.39 is 23.1 Å². The van der Waals surface area contributed by atoms with E-state index in [1.165, 1.54) is 11.6 Å². The predicted octanol–water partition coefficient (Wildman–Crippen LogP) is 3.26. The zero-order chi connectivity index (χ0) is 17.6. The fourth-order valence-electron chi connectivity index (χ4n) is 3.25. The van der Waals surface area contributed by atoms with Crippen LogP contribution in [-0.4, -0.2) is 37.0 Å². The highest BCUT2D eigenvalue weighted by atomic mass is 19.1. The van der Waals surface area contributed by atoms with E-state index in [2.05, 4.69) is 22.3 Å². The molecule has 1 N–H and O–H groups in total. The fourth-order valence-corrected chi connectivity index (χ4v) is 3.25. The maximum absolute atomic E-state index is 13.6. The van der Waals surface area contributed by atoms with Gasteiger partial charge in [0.1, 0.15) is 17.2 Å². The molecule has 0 bridgehead atoms. The lowest BCUT2D eigenvalue weighted by molar-refractivity contribution is 0.0939. The van der Waals surface area contributed by atoms with Gasteiger partial charge in [0.2, 0.25) is 0 Å². The first-order chi connectivity index (χ1) is 12.1. The van der Waals surface area contributed by atoms with Crippen LogP contribution in [0.5, 0.6) is 0 Å². The highest BCUT2D eigenvalue weighted by Crippen LogP contribution is 2.17. The molecule has 25 heavy (non-hydrogen) atoms. The van der Waals surface area contributed by atoms with E-state index in [0.29, 0.717) is 12.5 Å². The van der Waals surface area contributed by atoms with E-state index in [-0.39, 0.29) is 0 Å². The highest BCUT2D eigenvalue weighted by Gasteiger charge is 2.24. The van der Waals surface area contributed by atoms with Gasteiger partial charge in [0.15, 0.2) is 0 Å². The number of rotatable bonds is 6. The molecule has 1 unspecified atom stereocenters. The monoisotopic (exact) mass is 344 g/mol. The summed E-state index contributed by atoms with van der Waals surface area (Å²) in [6.07, 6.45) is 1.98. The summed E-state index contributed by atoms with van der Waals surface area (Å²) >= 11 is 0. The molecular weight excluding hydrogens is 322 g/mol. The van der Waals surface area contributed by atoms with E-state index in [0.717, 1.165) is 44.6 Å². The van der Waals surface area contributed by atoms with Crippen molar-refractivity contribution in [3.63, 3.8) is 0 Å². The number of carbonyl (C=O) groups excluding carboxylic acids is 1. The molecule has 1 aliphatic rings. The van der Waals surface area contributed by atoms with E-state index in [9.17, 15) is 13.6 Å². The lowest BCUT2D eigenvalue weighted by Crippen LogP contribution is -2.32. The van der Waals surface area contributed by atoms with Crippen LogP contribution in [0.3, 0.4) is 0 Å². The second kappa shape index (κ2) is 8.21. The minimum absolute atomic E-state index is 0.314. The van der Waals surface area contributed by atoms with Gasteiger partial charge in [-0.25, -0.2) is 8.78 Å². The van der Waals surface area contributed by atoms with Crippen molar-refractivity contribution >= 4 is 5.91 Å². The lowest BCUT2D eigenvalue weighted by atomic mass is 10.1. The largest absolute Gasteiger partial charge is 0.352 e. The second-order valence-electron chi connectivity index (χ2n) is 6.50. The van der Waals surface area contributed by atoms with Gasteiger partial charge in [0.05, 0.1) is 0 Å². The van der Waals surface area contributed by atoms with Gasteiger partial charge in [0.25, 0.3) is 5.91 Å². The number of likely N-dealkylation sites (tertiary alicyclic amines) is 1. The number of halogens is 2. The summed E-state index contributed by atoms with van der Waals surface area (Å²) in [5.41, 5.74) is 0.815. The molecule has 3 nitrogen and oxygen atoms in total. The summed E-state index contributed by atoms with van der Waals surface area (Å²) in [5, 5.41) is 2.67. The fraction of sp³-hybridized carbons (Fsp3) is 0.350. The lowest BCUT2D eigenvalue weighted by Gasteiger charge is -2.16. The summed E-state index contributed by atoms with van der Waals surface area (Å²) < 4.78 is 27.2. The average Bonchev–Trinajstić information content (AvgIpc) is 3.07. The number of hydrogen-bond donors (Lipinski definition) is 1. The molecule has 2 aromatic carbocycles. The number of carbonyl (C=O) groups is 1. The van der Waals surface area contributed by atoms with Crippen LogP contribution >= 0.6 is 0 Å². The SMILES string of the molecule is O=C(NCC1CCN(CCc2ccccc2)C1)c1c(F)cccc1F. The van der Waals surface area contributed by atoms with Crippen molar-refractivity contribution in [3.8, 4) is 0 Å². The first-order valence-corrected chi connectivity index (χ1v) is 8.62. The third-order valence-corrected chi connectivity index (χ3v) is 4.67. The summed E-state index contributed by atoms with van der Waals surface area (Å²) in [6, 6.07) is 13.8. The molecule has 1 aliphatic heterocycles. The van der Waals surface area contributed by atoms with Gasteiger partial charge in [0, 0.05) is 19.6 Å². The van der Waals surface area contributed by atoms with Crippen LogP contribution in [0, 0.1) is 17.6 Å². The van der Waals surface area contributed by atoms with Crippen LogP contribution in [0.1, 0.15) is 22.3 Å². The van der Waals surface area contributed by atoms with Crippen molar-refractivity contribution in [3.05, 3.63) is 71.3 Å². The van der Waals surface area contributed by atoms with Crippen molar-refractivity contribution in [2.75, 3.05) is 26.2 Å². The number of amides is 1. The third kappa shape index (κ3) is 4.63. The molecule has 1 heterocycles. The van der Waals surface area contributed by atoms with Crippen LogP contribution in [0.15, 0.2) is 48.5 Å². The Kier molecular flexibility index (Phi) is 5.76. The Morgan fingerprint density at radius 3 is 2.52 bits per heavy atom. The van der Waals surface area contributed by atoms with Gasteiger partial charge in [-0.2, -0.15) is 0 Å². The number of benzene rings is 2. The second-order valence-corrected chi connectivity index (χ2v) is 6.50. The van der Waals surface area contributed by atoms with Gasteiger partial charge in [-0.15, -0.1) is 0 Å². The molecule has 5 heteroatoms. The Bertz CT molecular complexity index is 701. The van der Waals surface area contributed by atoms with Crippen molar-refractivity contribution < 1.29 is 13.6 Å². The van der Waals surface area contributed by atoms with Crippen molar-refractivity contribution in [1.82, 2.24) is 10.2 Å². The molecule has 1 atom stereocenters. The standard InChI is InChI=1S/C20H22F2N2O/c21-17-7-4-8-18(22)19(17)20(25)23-13-16-10-12-24(14-16)11-9-15-5-2-1-3-6-15/h1-8,16H,9-14H2,(H,23,25). The molecule has 2 aromatic rings. The Morgan fingerprint density at radius 1 is 1.08 bits per heavy atom. The molecule has 0 saturated carbocycles. The quantitative estimate of drug-likeness (QED) is 0.872. The molecular formula is C20H22F2N2O. The molecule has 3 rings (SSSR count). The third-order valence-electron chi connectivity index (χ3n) is 4.67. The molecule has 1 saturated heterocycles. The van der Waals surface area contributed by atoms with Gasteiger partial charge >= 0.3 is 0 Å². The number of hydrogen-bond acceptors (Lipinski definition) is 2. The minimum Gasteiger partial charge on any atom is -0.352 e. The Morgan fingerprint density at radius 2 is 1.80 bits per heavy atom. The Hall–Kier alpha value is -2.27. The average molecular weight is 344 g/mol. The number of nitrogens with zero attached hydrogens (tertiary/aromatic N) is 1. The molecule has 1 amide bonds. The van der Waals surface area contributed by atoms with Crippen LogP contribution in [0.4, 0.5) is 8.78 Å². The molecule has 1 fully saturated rings. The van der Waals surface area contributed by atoms with Crippen LogP contribution in [0.25, 0.3) is 0 Å². The molecule has 0 spiro atoms. The smallest absolute Gasteiger partial charge is 0.257 e. The van der Waals surface area contributed by atoms with Crippen LogP contribution in [0.2, 0.25) is 0 Å². The van der Waals surface area contributed by atoms with Gasteiger partial charge in [-0.05, 0) is 43.0 Å². The van der Waals surface area contributed by atoms with E-state index in [1.54, 1.807) is 0 Å². The van der Waals surface area contributed by atoms with Crippen LogP contribution < -0.4 is 5.32 Å². The van der Waals surface area contributed by atoms with E-state index >= 15 is 0 Å². The van der Waals surface area contributed by atoms with Crippen LogP contribution in [-0.2, 0) is 6.42 Å². The zero-order valence-electron chi connectivity index (χ0n) is 14.1. The first-order valence-electron chi connectivity index (χ1n) is 8.62.